The van der Waals surface area contributed by atoms with E-state index in [0.29, 0.717) is 24.3 Å². The van der Waals surface area contributed by atoms with Crippen molar-refractivity contribution in [2.45, 2.75) is 32.9 Å². The first-order valence-corrected chi connectivity index (χ1v) is 12.9. The molecule has 192 valence electrons. The Kier molecular flexibility index (Phi) is 9.88. The SMILES string of the molecule is CCNC(=O)[C@H](CC)N(Cc1ccc(F)cc1)C(=O)CN(c1cc(OC)ccc1OC)S(C)(=O)=O. The van der Waals surface area contributed by atoms with Crippen molar-refractivity contribution in [1.82, 2.24) is 10.2 Å². The zero-order valence-corrected chi connectivity index (χ0v) is 21.4. The van der Waals surface area contributed by atoms with E-state index in [0.717, 1.165) is 10.6 Å². The van der Waals surface area contributed by atoms with Crippen LogP contribution in [0.1, 0.15) is 25.8 Å². The fraction of sp³-hybridized carbons (Fsp3) is 0.417. The Labute approximate surface area is 205 Å². The van der Waals surface area contributed by atoms with Crippen molar-refractivity contribution in [2.24, 2.45) is 0 Å². The van der Waals surface area contributed by atoms with Crippen LogP contribution in [0.2, 0.25) is 0 Å². The number of carbonyl (C=O) groups excluding carboxylic acids is 2. The number of amides is 2. The van der Waals surface area contributed by atoms with Gasteiger partial charge in [-0.3, -0.25) is 13.9 Å². The molecule has 2 amide bonds. The van der Waals surface area contributed by atoms with Crippen molar-refractivity contribution in [3.63, 3.8) is 0 Å². The fourth-order valence-electron chi connectivity index (χ4n) is 3.58. The number of nitrogens with zero attached hydrogens (tertiary/aromatic N) is 2. The highest BCUT2D eigenvalue weighted by Gasteiger charge is 2.32. The van der Waals surface area contributed by atoms with Crippen LogP contribution >= 0.6 is 0 Å². The second-order valence-electron chi connectivity index (χ2n) is 7.77. The van der Waals surface area contributed by atoms with E-state index in [1.807, 2.05) is 0 Å². The first-order chi connectivity index (χ1) is 16.5. The molecule has 0 radical (unpaired) electrons. The van der Waals surface area contributed by atoms with E-state index in [1.54, 1.807) is 19.9 Å². The zero-order valence-electron chi connectivity index (χ0n) is 20.6. The summed E-state index contributed by atoms with van der Waals surface area (Å²) in [4.78, 5) is 27.7. The predicted octanol–water partition coefficient (Wildman–Crippen LogP) is 2.55. The Hall–Kier alpha value is -3.34. The smallest absolute Gasteiger partial charge is 0.244 e. The standard InChI is InChI=1S/C24H32FN3O6S/c1-6-20(24(30)26-7-2)27(15-17-8-10-18(25)11-9-17)23(29)16-28(35(5,31)32)21-14-19(33-3)12-13-22(21)34-4/h8-14,20H,6-7,15-16H2,1-5H3,(H,26,30)/t20-/m0/s1. The van der Waals surface area contributed by atoms with Crippen molar-refractivity contribution in [3.8, 4) is 11.5 Å². The van der Waals surface area contributed by atoms with Gasteiger partial charge in [-0.25, -0.2) is 12.8 Å². The van der Waals surface area contributed by atoms with Gasteiger partial charge >= 0.3 is 0 Å². The molecule has 2 rings (SSSR count). The number of methoxy groups -OCH3 is 2. The van der Waals surface area contributed by atoms with E-state index >= 15 is 0 Å². The van der Waals surface area contributed by atoms with Gasteiger partial charge in [0, 0.05) is 19.2 Å². The third-order valence-electron chi connectivity index (χ3n) is 5.34. The molecule has 1 atom stereocenters. The van der Waals surface area contributed by atoms with Crippen LogP contribution in [0.15, 0.2) is 42.5 Å². The first kappa shape index (κ1) is 27.9. The summed E-state index contributed by atoms with van der Waals surface area (Å²) in [5.41, 5.74) is 0.711. The van der Waals surface area contributed by atoms with E-state index in [-0.39, 0.29) is 23.9 Å². The summed E-state index contributed by atoms with van der Waals surface area (Å²) >= 11 is 0. The summed E-state index contributed by atoms with van der Waals surface area (Å²) < 4.78 is 50.4. The summed E-state index contributed by atoms with van der Waals surface area (Å²) in [5.74, 6) is -0.808. The zero-order chi connectivity index (χ0) is 26.2. The summed E-state index contributed by atoms with van der Waals surface area (Å²) in [5, 5.41) is 2.71. The molecule has 0 saturated heterocycles. The van der Waals surface area contributed by atoms with Crippen molar-refractivity contribution < 1.29 is 31.9 Å². The lowest BCUT2D eigenvalue weighted by molar-refractivity contribution is -0.140. The lowest BCUT2D eigenvalue weighted by Crippen LogP contribution is -2.52. The molecule has 11 heteroatoms. The molecule has 0 aliphatic heterocycles. The topological polar surface area (TPSA) is 105 Å². The Morgan fingerprint density at radius 2 is 1.71 bits per heavy atom. The van der Waals surface area contributed by atoms with Gasteiger partial charge in [0.2, 0.25) is 21.8 Å². The van der Waals surface area contributed by atoms with Gasteiger partial charge in [-0.15, -0.1) is 0 Å². The molecule has 0 spiro atoms. The molecule has 0 aromatic heterocycles. The van der Waals surface area contributed by atoms with Crippen molar-refractivity contribution in [3.05, 3.63) is 53.8 Å². The van der Waals surface area contributed by atoms with E-state index in [2.05, 4.69) is 5.32 Å². The number of rotatable bonds is 12. The Morgan fingerprint density at radius 1 is 1.06 bits per heavy atom. The molecule has 0 aliphatic rings. The van der Waals surface area contributed by atoms with Gasteiger partial charge in [0.05, 0.1) is 26.2 Å². The number of hydrogen-bond acceptors (Lipinski definition) is 6. The number of ether oxygens (including phenoxy) is 2. The van der Waals surface area contributed by atoms with Crippen LogP contribution in [-0.2, 0) is 26.2 Å². The highest BCUT2D eigenvalue weighted by molar-refractivity contribution is 7.92. The normalized spacial score (nSPS) is 11.9. The lowest BCUT2D eigenvalue weighted by Gasteiger charge is -2.33. The number of nitrogens with one attached hydrogen (secondary N) is 1. The third-order valence-corrected chi connectivity index (χ3v) is 6.46. The number of likely N-dealkylation sites (N-methyl/N-ethyl adjacent to an activating group) is 1. The van der Waals surface area contributed by atoms with Gasteiger partial charge in [0.25, 0.3) is 0 Å². The van der Waals surface area contributed by atoms with E-state index in [1.165, 1.54) is 55.5 Å². The lowest BCUT2D eigenvalue weighted by atomic mass is 10.1. The maximum Gasteiger partial charge on any atom is 0.244 e. The largest absolute Gasteiger partial charge is 0.497 e. The average molecular weight is 510 g/mol. The molecule has 1 N–H and O–H groups in total. The van der Waals surface area contributed by atoms with E-state index in [9.17, 15) is 22.4 Å². The van der Waals surface area contributed by atoms with Gasteiger partial charge in [-0.2, -0.15) is 0 Å². The Bertz CT molecular complexity index is 1120. The predicted molar refractivity (Wildman–Crippen MR) is 131 cm³/mol. The van der Waals surface area contributed by atoms with Gasteiger partial charge < -0.3 is 19.7 Å². The summed E-state index contributed by atoms with van der Waals surface area (Å²) in [7, 11) is -1.13. The molecule has 2 aromatic rings. The number of halogens is 1. The second kappa shape index (κ2) is 12.4. The van der Waals surface area contributed by atoms with Crippen LogP contribution in [-0.4, -0.2) is 64.7 Å². The van der Waals surface area contributed by atoms with Crippen LogP contribution in [0.4, 0.5) is 10.1 Å². The number of hydrogen-bond donors (Lipinski definition) is 1. The number of anilines is 1. The molecular weight excluding hydrogens is 477 g/mol. The minimum Gasteiger partial charge on any atom is -0.497 e. The molecule has 0 saturated carbocycles. The number of carbonyl (C=O) groups is 2. The van der Waals surface area contributed by atoms with Crippen LogP contribution < -0.4 is 19.1 Å². The summed E-state index contributed by atoms with van der Waals surface area (Å²) in [6.07, 6.45) is 1.27. The monoisotopic (exact) mass is 509 g/mol. The quantitative estimate of drug-likeness (QED) is 0.472. The highest BCUT2D eigenvalue weighted by Crippen LogP contribution is 2.34. The molecule has 0 unspecified atom stereocenters. The molecule has 9 nitrogen and oxygen atoms in total. The minimum absolute atomic E-state index is 0.0123. The van der Waals surface area contributed by atoms with Gasteiger partial charge in [-0.05, 0) is 43.2 Å². The second-order valence-corrected chi connectivity index (χ2v) is 9.68. The van der Waals surface area contributed by atoms with Crippen LogP contribution in [0, 0.1) is 5.82 Å². The fourth-order valence-corrected chi connectivity index (χ4v) is 4.43. The number of benzene rings is 2. The van der Waals surface area contributed by atoms with Gasteiger partial charge in [0.1, 0.15) is 29.9 Å². The van der Waals surface area contributed by atoms with Crippen molar-refractivity contribution in [1.29, 1.82) is 0 Å². The van der Waals surface area contributed by atoms with Gasteiger partial charge in [-0.1, -0.05) is 19.1 Å². The number of sulfonamides is 1. The molecule has 2 aromatic carbocycles. The summed E-state index contributed by atoms with van der Waals surface area (Å²) in [6.45, 7) is 3.28. The maximum absolute atomic E-state index is 13.6. The van der Waals surface area contributed by atoms with E-state index < -0.39 is 34.3 Å². The molecular formula is C24H32FN3O6S. The van der Waals surface area contributed by atoms with Crippen LogP contribution in [0.3, 0.4) is 0 Å². The minimum atomic E-state index is -3.95. The summed E-state index contributed by atoms with van der Waals surface area (Å²) in [6, 6.07) is 9.28. The highest BCUT2D eigenvalue weighted by atomic mass is 32.2. The molecule has 0 bridgehead atoms. The van der Waals surface area contributed by atoms with Crippen molar-refractivity contribution >= 4 is 27.5 Å². The molecule has 0 fully saturated rings. The molecule has 0 aliphatic carbocycles. The van der Waals surface area contributed by atoms with Crippen molar-refractivity contribution in [2.75, 3.05) is 37.9 Å². The Balaban J connectivity index is 2.51. The first-order valence-electron chi connectivity index (χ1n) is 11.1. The molecule has 35 heavy (non-hydrogen) atoms. The van der Waals surface area contributed by atoms with Gasteiger partial charge in [0.15, 0.2) is 0 Å². The maximum atomic E-state index is 13.6. The van der Waals surface area contributed by atoms with Crippen LogP contribution in [0.25, 0.3) is 0 Å². The van der Waals surface area contributed by atoms with E-state index in [4.69, 9.17) is 9.47 Å². The third kappa shape index (κ3) is 7.32. The molecule has 0 heterocycles. The average Bonchev–Trinajstić information content (AvgIpc) is 2.82. The van der Waals surface area contributed by atoms with Crippen LogP contribution in [0.5, 0.6) is 11.5 Å². The Morgan fingerprint density at radius 3 is 2.23 bits per heavy atom.